The molecule has 1 heterocycles. The molecule has 0 saturated heterocycles. The zero-order valence-electron chi connectivity index (χ0n) is 13.6. The Morgan fingerprint density at radius 3 is 2.29 bits per heavy atom. The van der Waals surface area contributed by atoms with Gasteiger partial charge in [-0.15, -0.1) is 5.10 Å². The molecule has 28 heavy (non-hydrogen) atoms. The zero-order valence-corrected chi connectivity index (χ0v) is 14.4. The maximum absolute atomic E-state index is 13.3. The van der Waals surface area contributed by atoms with Crippen LogP contribution in [0.4, 0.5) is 32.0 Å². The van der Waals surface area contributed by atoms with E-state index in [1.165, 1.54) is 6.07 Å². The smallest absolute Gasteiger partial charge is 0.398 e. The third-order valence-electron chi connectivity index (χ3n) is 3.63. The third-order valence-corrected chi connectivity index (χ3v) is 4.68. The highest BCUT2D eigenvalue weighted by Crippen LogP contribution is 2.38. The molecule has 5 nitrogen and oxygen atoms in total. The first-order chi connectivity index (χ1) is 13.0. The number of hydrogen-bond donors (Lipinski definition) is 2. The average Bonchev–Trinajstić information content (AvgIpc) is 2.95. The fourth-order valence-corrected chi connectivity index (χ4v) is 3.26. The van der Waals surface area contributed by atoms with E-state index in [0.29, 0.717) is 22.4 Å². The monoisotopic (exact) mass is 420 g/mol. The molecule has 2 aromatic carbocycles. The molecule has 0 aliphatic rings. The van der Waals surface area contributed by atoms with Crippen molar-refractivity contribution in [1.29, 1.82) is 0 Å². The van der Waals surface area contributed by atoms with Crippen molar-refractivity contribution in [3.8, 4) is 5.69 Å². The van der Waals surface area contributed by atoms with Gasteiger partial charge in [0.15, 0.2) is 0 Å². The number of halogens is 6. The molecule has 3 rings (SSSR count). The number of rotatable bonds is 3. The lowest BCUT2D eigenvalue weighted by Gasteiger charge is -2.14. The number of aromatic nitrogens is 3. The Labute approximate surface area is 157 Å². The summed E-state index contributed by atoms with van der Waals surface area (Å²) in [7, 11) is 0. The largest absolute Gasteiger partial charge is 0.418 e. The fraction of sp³-hybridized carbons (Fsp3) is 0.125. The molecule has 0 aliphatic carbocycles. The van der Waals surface area contributed by atoms with Crippen LogP contribution in [0.25, 0.3) is 5.69 Å². The van der Waals surface area contributed by atoms with Crippen molar-refractivity contribution in [2.24, 2.45) is 0 Å². The van der Waals surface area contributed by atoms with E-state index in [4.69, 9.17) is 5.73 Å². The standard InChI is InChI=1S/C16H10F6N4OS/c17-15(18,19)8-5-6-12(10(23)7-8)28-14-25-24-13(27)26(14)11-4-2-1-3-9(11)16(20,21)22/h1-7H,23H2,(H,24,27). The van der Waals surface area contributed by atoms with Crippen LogP contribution in [-0.4, -0.2) is 14.8 Å². The molecule has 0 unspecified atom stereocenters. The van der Waals surface area contributed by atoms with Gasteiger partial charge < -0.3 is 5.73 Å². The van der Waals surface area contributed by atoms with Crippen LogP contribution in [0, 0.1) is 0 Å². The van der Waals surface area contributed by atoms with E-state index in [1.807, 2.05) is 5.10 Å². The molecular weight excluding hydrogens is 410 g/mol. The predicted octanol–water partition coefficient (Wildman–Crippen LogP) is 4.33. The molecule has 3 N–H and O–H groups in total. The Kier molecular flexibility index (Phi) is 4.91. The Hall–Kier alpha value is -2.89. The first-order valence-corrected chi connectivity index (χ1v) is 8.28. The van der Waals surface area contributed by atoms with Gasteiger partial charge in [0.2, 0.25) is 5.16 Å². The minimum atomic E-state index is -4.73. The van der Waals surface area contributed by atoms with Crippen molar-refractivity contribution in [3.63, 3.8) is 0 Å². The molecule has 0 saturated carbocycles. The number of H-pyrrole nitrogens is 1. The third kappa shape index (κ3) is 3.86. The topological polar surface area (TPSA) is 76.7 Å². The highest BCUT2D eigenvalue weighted by molar-refractivity contribution is 7.99. The molecule has 1 aromatic heterocycles. The lowest BCUT2D eigenvalue weighted by atomic mass is 10.1. The molecular formula is C16H10F6N4OS. The Balaban J connectivity index is 2.06. The number of hydrogen-bond acceptors (Lipinski definition) is 4. The van der Waals surface area contributed by atoms with Gasteiger partial charge in [-0.2, -0.15) is 26.3 Å². The second kappa shape index (κ2) is 6.93. The summed E-state index contributed by atoms with van der Waals surface area (Å²) in [5.74, 6) is 0. The lowest BCUT2D eigenvalue weighted by Crippen LogP contribution is -2.20. The van der Waals surface area contributed by atoms with Gasteiger partial charge in [0, 0.05) is 10.6 Å². The minimum Gasteiger partial charge on any atom is -0.398 e. The highest BCUT2D eigenvalue weighted by atomic mass is 32.2. The summed E-state index contributed by atoms with van der Waals surface area (Å²) in [5.41, 5.74) is 1.92. The molecule has 0 radical (unpaired) electrons. The Morgan fingerprint density at radius 1 is 1.00 bits per heavy atom. The second-order valence-corrected chi connectivity index (χ2v) is 6.52. The van der Waals surface area contributed by atoms with Crippen molar-refractivity contribution in [2.75, 3.05) is 5.73 Å². The minimum absolute atomic E-state index is 0.0951. The molecule has 3 aromatic rings. The van der Waals surface area contributed by atoms with Crippen LogP contribution < -0.4 is 11.4 Å². The van der Waals surface area contributed by atoms with Gasteiger partial charge in [-0.25, -0.2) is 14.5 Å². The molecule has 0 bridgehead atoms. The number of nitrogens with one attached hydrogen (secondary N) is 1. The molecule has 0 fully saturated rings. The number of nitrogens with two attached hydrogens (primary N) is 1. The molecule has 0 atom stereocenters. The zero-order chi connectivity index (χ0) is 20.7. The lowest BCUT2D eigenvalue weighted by molar-refractivity contribution is -0.138. The summed E-state index contributed by atoms with van der Waals surface area (Å²) in [6.07, 6.45) is -9.33. The summed E-state index contributed by atoms with van der Waals surface area (Å²) in [5, 5.41) is 5.49. The number of aromatic amines is 1. The van der Waals surface area contributed by atoms with Crippen LogP contribution in [0.5, 0.6) is 0 Å². The van der Waals surface area contributed by atoms with Crippen LogP contribution in [0.1, 0.15) is 11.1 Å². The summed E-state index contributed by atoms with van der Waals surface area (Å²) >= 11 is 0.656. The van der Waals surface area contributed by atoms with Gasteiger partial charge in [-0.05, 0) is 42.1 Å². The summed E-state index contributed by atoms with van der Waals surface area (Å²) in [6.45, 7) is 0. The van der Waals surface area contributed by atoms with E-state index in [1.54, 1.807) is 0 Å². The maximum atomic E-state index is 13.3. The van der Waals surface area contributed by atoms with Crippen LogP contribution in [0.3, 0.4) is 0 Å². The second-order valence-electron chi connectivity index (χ2n) is 5.51. The number of anilines is 1. The van der Waals surface area contributed by atoms with E-state index in [9.17, 15) is 31.1 Å². The summed E-state index contributed by atoms with van der Waals surface area (Å²) in [4.78, 5) is 12.2. The van der Waals surface area contributed by atoms with Crippen molar-refractivity contribution in [2.45, 2.75) is 22.4 Å². The number of alkyl halides is 6. The normalized spacial score (nSPS) is 12.4. The SMILES string of the molecule is Nc1cc(C(F)(F)F)ccc1Sc1n[nH]c(=O)n1-c1ccccc1C(F)(F)F. The average molecular weight is 420 g/mol. The maximum Gasteiger partial charge on any atom is 0.418 e. The molecule has 148 valence electrons. The van der Waals surface area contributed by atoms with Gasteiger partial charge in [0.25, 0.3) is 0 Å². The molecule has 0 spiro atoms. The number of benzene rings is 2. The summed E-state index contributed by atoms with van der Waals surface area (Å²) < 4.78 is 78.7. The van der Waals surface area contributed by atoms with Crippen LogP contribution in [0.2, 0.25) is 0 Å². The quantitative estimate of drug-likeness (QED) is 0.489. The van der Waals surface area contributed by atoms with Gasteiger partial charge >= 0.3 is 18.0 Å². The van der Waals surface area contributed by atoms with E-state index in [-0.39, 0.29) is 15.7 Å². The van der Waals surface area contributed by atoms with Gasteiger partial charge in [-0.3, -0.25) is 0 Å². The Bertz CT molecular complexity index is 1070. The predicted molar refractivity (Wildman–Crippen MR) is 89.2 cm³/mol. The van der Waals surface area contributed by atoms with Crippen molar-refractivity contribution < 1.29 is 26.3 Å². The van der Waals surface area contributed by atoms with Crippen molar-refractivity contribution >= 4 is 17.4 Å². The van der Waals surface area contributed by atoms with Gasteiger partial charge in [0.05, 0.1) is 16.8 Å². The molecule has 0 aliphatic heterocycles. The first kappa shape index (κ1) is 19.9. The number of nitrogen functional groups attached to an aromatic ring is 1. The van der Waals surface area contributed by atoms with E-state index in [0.717, 1.165) is 30.3 Å². The van der Waals surface area contributed by atoms with Gasteiger partial charge in [0.1, 0.15) is 0 Å². The molecule has 12 heteroatoms. The Morgan fingerprint density at radius 2 is 1.68 bits per heavy atom. The van der Waals surface area contributed by atoms with Crippen LogP contribution >= 0.6 is 11.8 Å². The molecule has 0 amide bonds. The van der Waals surface area contributed by atoms with E-state index < -0.39 is 34.9 Å². The van der Waals surface area contributed by atoms with Crippen molar-refractivity contribution in [3.05, 3.63) is 64.1 Å². The highest BCUT2D eigenvalue weighted by Gasteiger charge is 2.35. The number of para-hydroxylation sites is 1. The number of nitrogens with zero attached hydrogens (tertiary/aromatic N) is 2. The van der Waals surface area contributed by atoms with Crippen LogP contribution in [-0.2, 0) is 12.4 Å². The summed E-state index contributed by atoms with van der Waals surface area (Å²) in [6, 6.07) is 6.89. The van der Waals surface area contributed by atoms with Gasteiger partial charge in [-0.1, -0.05) is 12.1 Å². The van der Waals surface area contributed by atoms with Crippen molar-refractivity contribution in [1.82, 2.24) is 14.8 Å². The fourth-order valence-electron chi connectivity index (χ4n) is 2.39. The first-order valence-electron chi connectivity index (χ1n) is 7.47. The van der Waals surface area contributed by atoms with Crippen LogP contribution in [0.15, 0.2) is 57.3 Å². The van der Waals surface area contributed by atoms with E-state index >= 15 is 0 Å². The van der Waals surface area contributed by atoms with E-state index in [2.05, 4.69) is 5.10 Å².